The number of furan rings is 1. The van der Waals surface area contributed by atoms with E-state index in [0.717, 1.165) is 0 Å². The maximum absolute atomic E-state index is 11.9. The molecule has 5 nitrogen and oxygen atoms in total. The molecule has 0 aliphatic carbocycles. The van der Waals surface area contributed by atoms with Crippen LogP contribution in [0.3, 0.4) is 0 Å². The first-order valence-corrected chi connectivity index (χ1v) is 7.25. The van der Waals surface area contributed by atoms with E-state index in [1.54, 1.807) is 24.3 Å². The smallest absolute Gasteiger partial charge is 0.287 e. The first-order valence-electron chi connectivity index (χ1n) is 6.50. The molecule has 2 rings (SSSR count). The van der Waals surface area contributed by atoms with Gasteiger partial charge in [0.05, 0.1) is 6.10 Å². The number of carbonyl (C=O) groups is 1. The SMILES string of the molecule is COCc1ccc(C(=O)NCC(O)c2ccc(Cl)cc2Cl)o1. The highest BCUT2D eigenvalue weighted by Crippen LogP contribution is 2.26. The first-order chi connectivity index (χ1) is 10.5. The van der Waals surface area contributed by atoms with Gasteiger partial charge in [0.25, 0.3) is 5.91 Å². The van der Waals surface area contributed by atoms with Crippen molar-refractivity contribution in [3.63, 3.8) is 0 Å². The van der Waals surface area contributed by atoms with Gasteiger partial charge in [-0.2, -0.15) is 0 Å². The van der Waals surface area contributed by atoms with Crippen molar-refractivity contribution in [1.29, 1.82) is 0 Å². The van der Waals surface area contributed by atoms with E-state index in [2.05, 4.69) is 5.32 Å². The second-order valence-electron chi connectivity index (χ2n) is 4.59. The van der Waals surface area contributed by atoms with E-state index in [9.17, 15) is 9.90 Å². The molecule has 0 aliphatic heterocycles. The monoisotopic (exact) mass is 343 g/mol. The van der Waals surface area contributed by atoms with E-state index in [4.69, 9.17) is 32.4 Å². The van der Waals surface area contributed by atoms with E-state index < -0.39 is 12.0 Å². The Hall–Kier alpha value is -1.53. The van der Waals surface area contributed by atoms with Crippen LogP contribution in [-0.4, -0.2) is 24.7 Å². The van der Waals surface area contributed by atoms with E-state index in [1.807, 2.05) is 0 Å². The second kappa shape index (κ2) is 7.65. The lowest BCUT2D eigenvalue weighted by molar-refractivity contribution is 0.0881. The number of ether oxygens (including phenoxy) is 1. The molecular weight excluding hydrogens is 329 g/mol. The average Bonchev–Trinajstić information content (AvgIpc) is 2.93. The number of aliphatic hydroxyl groups excluding tert-OH is 1. The molecule has 22 heavy (non-hydrogen) atoms. The number of nitrogens with one attached hydrogen (secondary N) is 1. The highest BCUT2D eigenvalue weighted by Gasteiger charge is 2.16. The van der Waals surface area contributed by atoms with Gasteiger partial charge in [-0.1, -0.05) is 29.3 Å². The minimum Gasteiger partial charge on any atom is -0.453 e. The van der Waals surface area contributed by atoms with Crippen molar-refractivity contribution in [1.82, 2.24) is 5.32 Å². The lowest BCUT2D eigenvalue weighted by Gasteiger charge is -2.13. The number of methoxy groups -OCH3 is 1. The van der Waals surface area contributed by atoms with Crippen LogP contribution in [0.2, 0.25) is 10.0 Å². The van der Waals surface area contributed by atoms with Crippen molar-refractivity contribution in [2.45, 2.75) is 12.7 Å². The maximum Gasteiger partial charge on any atom is 0.287 e. The quantitative estimate of drug-likeness (QED) is 0.844. The summed E-state index contributed by atoms with van der Waals surface area (Å²) in [4.78, 5) is 11.9. The van der Waals surface area contributed by atoms with Crippen LogP contribution < -0.4 is 5.32 Å². The summed E-state index contributed by atoms with van der Waals surface area (Å²) < 4.78 is 10.2. The fraction of sp³-hybridized carbons (Fsp3) is 0.267. The van der Waals surface area contributed by atoms with Gasteiger partial charge in [0.15, 0.2) is 5.76 Å². The minimum atomic E-state index is -0.942. The largest absolute Gasteiger partial charge is 0.453 e. The molecule has 1 unspecified atom stereocenters. The Morgan fingerprint density at radius 1 is 1.36 bits per heavy atom. The van der Waals surface area contributed by atoms with Crippen molar-refractivity contribution in [2.24, 2.45) is 0 Å². The van der Waals surface area contributed by atoms with Gasteiger partial charge in [-0.05, 0) is 24.3 Å². The van der Waals surface area contributed by atoms with Gasteiger partial charge in [-0.25, -0.2) is 0 Å². The van der Waals surface area contributed by atoms with Crippen LogP contribution in [0.25, 0.3) is 0 Å². The van der Waals surface area contributed by atoms with Crippen LogP contribution in [-0.2, 0) is 11.3 Å². The standard InChI is InChI=1S/C15H15Cl2NO4/c1-21-8-10-3-5-14(22-10)15(20)18-7-13(19)11-4-2-9(16)6-12(11)17/h2-6,13,19H,7-8H2,1H3,(H,18,20). The lowest BCUT2D eigenvalue weighted by Crippen LogP contribution is -2.28. The Labute approximate surface area is 137 Å². The number of hydrogen-bond donors (Lipinski definition) is 2. The molecule has 0 spiro atoms. The average molecular weight is 344 g/mol. The molecule has 1 aromatic heterocycles. The summed E-state index contributed by atoms with van der Waals surface area (Å²) in [5, 5.41) is 13.5. The number of aliphatic hydroxyl groups is 1. The van der Waals surface area contributed by atoms with Gasteiger partial charge in [0, 0.05) is 29.3 Å². The topological polar surface area (TPSA) is 71.7 Å². The number of amides is 1. The third-order valence-electron chi connectivity index (χ3n) is 2.95. The van der Waals surface area contributed by atoms with Crippen LogP contribution in [0.4, 0.5) is 0 Å². The van der Waals surface area contributed by atoms with Crippen molar-refractivity contribution in [3.8, 4) is 0 Å². The molecule has 1 amide bonds. The highest BCUT2D eigenvalue weighted by atomic mass is 35.5. The summed E-state index contributed by atoms with van der Waals surface area (Å²) in [5.41, 5.74) is 0.492. The van der Waals surface area contributed by atoms with Gasteiger partial charge in [0.2, 0.25) is 0 Å². The molecular formula is C15H15Cl2NO4. The Morgan fingerprint density at radius 2 is 2.14 bits per heavy atom. The van der Waals surface area contributed by atoms with E-state index in [-0.39, 0.29) is 18.9 Å². The van der Waals surface area contributed by atoms with Crippen molar-refractivity contribution in [2.75, 3.05) is 13.7 Å². The zero-order chi connectivity index (χ0) is 16.1. The number of rotatable bonds is 6. The Balaban J connectivity index is 1.94. The molecule has 0 saturated heterocycles. The molecule has 118 valence electrons. The number of halogens is 2. The Kier molecular flexibility index (Phi) is 5.85. The molecule has 7 heteroatoms. The number of carbonyl (C=O) groups excluding carboxylic acids is 1. The predicted molar refractivity (Wildman–Crippen MR) is 83.2 cm³/mol. The second-order valence-corrected chi connectivity index (χ2v) is 5.43. The highest BCUT2D eigenvalue weighted by molar-refractivity contribution is 6.35. The van der Waals surface area contributed by atoms with Gasteiger partial charge >= 0.3 is 0 Å². The molecule has 0 radical (unpaired) electrons. The summed E-state index contributed by atoms with van der Waals surface area (Å²) in [7, 11) is 1.54. The van der Waals surface area contributed by atoms with Crippen LogP contribution in [0.15, 0.2) is 34.7 Å². The molecule has 1 heterocycles. The summed E-state index contributed by atoms with van der Waals surface area (Å²) in [5.74, 6) is 0.280. The maximum atomic E-state index is 11.9. The fourth-order valence-electron chi connectivity index (χ4n) is 1.88. The molecule has 2 N–H and O–H groups in total. The Bertz CT molecular complexity index is 657. The van der Waals surface area contributed by atoms with Gasteiger partial charge in [0.1, 0.15) is 12.4 Å². The molecule has 0 aliphatic rings. The molecule has 0 saturated carbocycles. The van der Waals surface area contributed by atoms with E-state index >= 15 is 0 Å². The zero-order valence-electron chi connectivity index (χ0n) is 11.8. The van der Waals surface area contributed by atoms with Crippen molar-refractivity contribution in [3.05, 3.63) is 57.5 Å². The molecule has 1 atom stereocenters. The predicted octanol–water partition coefficient (Wildman–Crippen LogP) is 3.20. The van der Waals surface area contributed by atoms with Gasteiger partial charge in [-0.3, -0.25) is 4.79 Å². The number of benzene rings is 1. The van der Waals surface area contributed by atoms with Crippen LogP contribution in [0.5, 0.6) is 0 Å². The molecule has 0 bridgehead atoms. The normalized spacial score (nSPS) is 12.2. The van der Waals surface area contributed by atoms with Crippen molar-refractivity contribution >= 4 is 29.1 Å². The lowest BCUT2D eigenvalue weighted by atomic mass is 10.1. The van der Waals surface area contributed by atoms with Crippen LogP contribution in [0.1, 0.15) is 28.0 Å². The molecule has 0 fully saturated rings. The third kappa shape index (κ3) is 4.24. The zero-order valence-corrected chi connectivity index (χ0v) is 13.3. The van der Waals surface area contributed by atoms with E-state index in [1.165, 1.54) is 13.2 Å². The summed E-state index contributed by atoms with van der Waals surface area (Å²) in [6, 6.07) is 7.98. The summed E-state index contributed by atoms with van der Waals surface area (Å²) in [6.45, 7) is 0.288. The summed E-state index contributed by atoms with van der Waals surface area (Å²) in [6.07, 6.45) is -0.942. The summed E-state index contributed by atoms with van der Waals surface area (Å²) >= 11 is 11.8. The molecule has 1 aromatic carbocycles. The number of hydrogen-bond acceptors (Lipinski definition) is 4. The third-order valence-corrected chi connectivity index (χ3v) is 3.51. The van der Waals surface area contributed by atoms with E-state index in [0.29, 0.717) is 21.4 Å². The van der Waals surface area contributed by atoms with Crippen LogP contribution in [0, 0.1) is 0 Å². The minimum absolute atomic E-state index is 0.000493. The van der Waals surface area contributed by atoms with Gasteiger partial charge < -0.3 is 19.6 Å². The van der Waals surface area contributed by atoms with Crippen LogP contribution >= 0.6 is 23.2 Å². The fourth-order valence-corrected chi connectivity index (χ4v) is 2.41. The Morgan fingerprint density at radius 3 is 2.82 bits per heavy atom. The van der Waals surface area contributed by atoms with Gasteiger partial charge in [-0.15, -0.1) is 0 Å². The molecule has 2 aromatic rings. The van der Waals surface area contributed by atoms with Crippen molar-refractivity contribution < 1.29 is 19.1 Å². The first kappa shape index (κ1) is 16.8.